The normalized spacial score (nSPS) is 13.2. The Morgan fingerprint density at radius 2 is 1.68 bits per heavy atom. The molecule has 0 saturated heterocycles. The van der Waals surface area contributed by atoms with Crippen LogP contribution >= 0.6 is 0 Å². The molecule has 2 atom stereocenters. The second kappa shape index (κ2) is 7.64. The van der Waals surface area contributed by atoms with Crippen LogP contribution in [0.3, 0.4) is 0 Å². The quantitative estimate of drug-likeness (QED) is 0.873. The Balaban J connectivity index is 1.97. The van der Waals surface area contributed by atoms with Crippen molar-refractivity contribution in [1.29, 1.82) is 0 Å². The van der Waals surface area contributed by atoms with Crippen LogP contribution in [0, 0.1) is 0 Å². The van der Waals surface area contributed by atoms with Crippen molar-refractivity contribution in [3.8, 4) is 5.75 Å². The Labute approximate surface area is 132 Å². The summed E-state index contributed by atoms with van der Waals surface area (Å²) in [6, 6.07) is 17.8. The molecule has 3 nitrogen and oxygen atoms in total. The monoisotopic (exact) mass is 297 g/mol. The molecule has 116 valence electrons. The molecule has 0 radical (unpaired) electrons. The van der Waals surface area contributed by atoms with E-state index in [1.807, 2.05) is 68.4 Å². The van der Waals surface area contributed by atoms with E-state index in [0.717, 1.165) is 16.9 Å². The number of methoxy groups -OCH3 is 1. The second-order valence-corrected chi connectivity index (χ2v) is 5.55. The highest BCUT2D eigenvalue weighted by Gasteiger charge is 2.16. The maximum Gasteiger partial charge on any atom is 0.221 e. The maximum absolute atomic E-state index is 12.3. The van der Waals surface area contributed by atoms with E-state index in [4.69, 9.17) is 4.74 Å². The molecule has 0 aromatic heterocycles. The van der Waals surface area contributed by atoms with Gasteiger partial charge in [0.2, 0.25) is 5.91 Å². The first kappa shape index (κ1) is 16.1. The number of para-hydroxylation sites is 1. The third kappa shape index (κ3) is 4.10. The van der Waals surface area contributed by atoms with Gasteiger partial charge in [-0.15, -0.1) is 0 Å². The smallest absolute Gasteiger partial charge is 0.221 e. The zero-order valence-electron chi connectivity index (χ0n) is 13.4. The van der Waals surface area contributed by atoms with Crippen LogP contribution in [0.2, 0.25) is 0 Å². The number of carbonyl (C=O) groups is 1. The SMILES string of the molecule is COc1ccccc1[C@H](C)CC(=O)N[C@@H](C)c1ccccc1. The van der Waals surface area contributed by atoms with Gasteiger partial charge in [0.1, 0.15) is 5.75 Å². The summed E-state index contributed by atoms with van der Waals surface area (Å²) in [6.45, 7) is 4.05. The Morgan fingerprint density at radius 1 is 1.05 bits per heavy atom. The molecule has 0 saturated carbocycles. The molecule has 2 rings (SSSR count). The fourth-order valence-electron chi connectivity index (χ4n) is 2.59. The largest absolute Gasteiger partial charge is 0.496 e. The highest BCUT2D eigenvalue weighted by molar-refractivity contribution is 5.77. The number of hydrogen-bond donors (Lipinski definition) is 1. The van der Waals surface area contributed by atoms with E-state index in [2.05, 4.69) is 5.32 Å². The third-order valence-electron chi connectivity index (χ3n) is 3.84. The van der Waals surface area contributed by atoms with Crippen molar-refractivity contribution in [3.05, 3.63) is 65.7 Å². The maximum atomic E-state index is 12.3. The van der Waals surface area contributed by atoms with Crippen molar-refractivity contribution in [2.24, 2.45) is 0 Å². The molecule has 0 spiro atoms. The topological polar surface area (TPSA) is 38.3 Å². The number of carbonyl (C=O) groups excluding carboxylic acids is 1. The molecular formula is C19H23NO2. The number of rotatable bonds is 6. The summed E-state index contributed by atoms with van der Waals surface area (Å²) < 4.78 is 5.37. The molecule has 0 aliphatic rings. The van der Waals surface area contributed by atoms with Crippen LogP contribution in [0.1, 0.15) is 43.4 Å². The summed E-state index contributed by atoms with van der Waals surface area (Å²) in [7, 11) is 1.66. The Hall–Kier alpha value is -2.29. The zero-order valence-corrected chi connectivity index (χ0v) is 13.4. The lowest BCUT2D eigenvalue weighted by Gasteiger charge is -2.18. The van der Waals surface area contributed by atoms with Crippen molar-refractivity contribution in [2.45, 2.75) is 32.2 Å². The standard InChI is InChI=1S/C19H23NO2/c1-14(17-11-7-8-12-18(17)22-3)13-19(21)20-15(2)16-9-5-4-6-10-16/h4-12,14-15H,13H2,1-3H3,(H,20,21)/t14-,15+/m1/s1. The van der Waals surface area contributed by atoms with E-state index in [9.17, 15) is 4.79 Å². The average molecular weight is 297 g/mol. The van der Waals surface area contributed by atoms with Gasteiger partial charge < -0.3 is 10.1 Å². The molecule has 1 amide bonds. The molecule has 22 heavy (non-hydrogen) atoms. The molecule has 3 heteroatoms. The minimum absolute atomic E-state index is 0.0126. The molecular weight excluding hydrogens is 274 g/mol. The van der Waals surface area contributed by atoms with Crippen molar-refractivity contribution >= 4 is 5.91 Å². The molecule has 1 N–H and O–H groups in total. The molecule has 0 bridgehead atoms. The van der Waals surface area contributed by atoms with Crippen molar-refractivity contribution in [2.75, 3.05) is 7.11 Å². The summed E-state index contributed by atoms with van der Waals surface area (Å²) in [5, 5.41) is 3.05. The van der Waals surface area contributed by atoms with Gasteiger partial charge in [-0.25, -0.2) is 0 Å². The minimum Gasteiger partial charge on any atom is -0.496 e. The van der Waals surface area contributed by atoms with E-state index in [1.54, 1.807) is 7.11 Å². The van der Waals surface area contributed by atoms with Crippen LogP contribution in [0.5, 0.6) is 5.75 Å². The zero-order chi connectivity index (χ0) is 15.9. The van der Waals surface area contributed by atoms with Gasteiger partial charge in [-0.3, -0.25) is 4.79 Å². The molecule has 2 aromatic carbocycles. The number of hydrogen-bond acceptors (Lipinski definition) is 2. The van der Waals surface area contributed by atoms with Gasteiger partial charge in [0.15, 0.2) is 0 Å². The molecule has 0 unspecified atom stereocenters. The lowest BCUT2D eigenvalue weighted by molar-refractivity contribution is -0.122. The van der Waals surface area contributed by atoms with Crippen molar-refractivity contribution in [1.82, 2.24) is 5.32 Å². The highest BCUT2D eigenvalue weighted by Crippen LogP contribution is 2.28. The number of nitrogens with one attached hydrogen (secondary N) is 1. The van der Waals surface area contributed by atoms with E-state index in [1.165, 1.54) is 0 Å². The summed E-state index contributed by atoms with van der Waals surface area (Å²) >= 11 is 0. The van der Waals surface area contributed by atoms with Gasteiger partial charge in [0, 0.05) is 6.42 Å². The molecule has 0 aliphatic carbocycles. The second-order valence-electron chi connectivity index (χ2n) is 5.55. The Kier molecular flexibility index (Phi) is 5.59. The van der Waals surface area contributed by atoms with Gasteiger partial charge in [-0.1, -0.05) is 55.5 Å². The molecule has 0 aliphatic heterocycles. The lowest BCUT2D eigenvalue weighted by Crippen LogP contribution is -2.27. The van der Waals surface area contributed by atoms with Crippen LogP contribution in [-0.2, 0) is 4.79 Å². The Bertz CT molecular complexity index is 610. The fourth-order valence-corrected chi connectivity index (χ4v) is 2.59. The van der Waals surface area contributed by atoms with E-state index >= 15 is 0 Å². The van der Waals surface area contributed by atoms with Gasteiger partial charge in [-0.2, -0.15) is 0 Å². The third-order valence-corrected chi connectivity index (χ3v) is 3.84. The summed E-state index contributed by atoms with van der Waals surface area (Å²) in [6.07, 6.45) is 0.442. The molecule has 0 heterocycles. The van der Waals surface area contributed by atoms with Gasteiger partial charge in [0.25, 0.3) is 0 Å². The predicted octanol–water partition coefficient (Wildman–Crippen LogP) is 4.07. The number of amides is 1. The Morgan fingerprint density at radius 3 is 2.36 bits per heavy atom. The first-order valence-corrected chi connectivity index (χ1v) is 7.59. The minimum atomic E-state index is 0.0126. The van der Waals surface area contributed by atoms with Crippen LogP contribution in [-0.4, -0.2) is 13.0 Å². The highest BCUT2D eigenvalue weighted by atomic mass is 16.5. The van der Waals surface area contributed by atoms with Crippen molar-refractivity contribution < 1.29 is 9.53 Å². The van der Waals surface area contributed by atoms with Crippen molar-refractivity contribution in [3.63, 3.8) is 0 Å². The fraction of sp³-hybridized carbons (Fsp3) is 0.316. The number of ether oxygens (including phenoxy) is 1. The van der Waals surface area contributed by atoms with Crippen LogP contribution < -0.4 is 10.1 Å². The first-order chi connectivity index (χ1) is 10.6. The van der Waals surface area contributed by atoms with Crippen LogP contribution in [0.4, 0.5) is 0 Å². The van der Waals surface area contributed by atoms with Gasteiger partial charge in [-0.05, 0) is 30.0 Å². The van der Waals surface area contributed by atoms with Gasteiger partial charge in [0.05, 0.1) is 13.2 Å². The van der Waals surface area contributed by atoms with Crippen LogP contribution in [0.25, 0.3) is 0 Å². The average Bonchev–Trinajstić information content (AvgIpc) is 2.55. The molecule has 2 aromatic rings. The first-order valence-electron chi connectivity index (χ1n) is 7.59. The van der Waals surface area contributed by atoms with Crippen LogP contribution in [0.15, 0.2) is 54.6 Å². The van der Waals surface area contributed by atoms with E-state index in [0.29, 0.717) is 6.42 Å². The van der Waals surface area contributed by atoms with E-state index < -0.39 is 0 Å². The van der Waals surface area contributed by atoms with Gasteiger partial charge >= 0.3 is 0 Å². The number of benzene rings is 2. The summed E-state index contributed by atoms with van der Waals surface area (Å²) in [5.41, 5.74) is 2.17. The summed E-state index contributed by atoms with van der Waals surface area (Å²) in [4.78, 5) is 12.3. The van der Waals surface area contributed by atoms with E-state index in [-0.39, 0.29) is 17.9 Å². The summed E-state index contributed by atoms with van der Waals surface area (Å²) in [5.74, 6) is 0.993. The lowest BCUT2D eigenvalue weighted by atomic mass is 9.96. The predicted molar refractivity (Wildman–Crippen MR) is 89.0 cm³/mol. The molecule has 0 fully saturated rings.